The van der Waals surface area contributed by atoms with E-state index in [4.69, 9.17) is 9.78 Å². The minimum atomic E-state index is -2.91. The Morgan fingerprint density at radius 2 is 2.03 bits per heavy atom. The molecule has 11 heteroatoms. The van der Waals surface area contributed by atoms with Gasteiger partial charge in [0, 0.05) is 24.5 Å². The number of nitrogens with zero attached hydrogens (tertiary/aromatic N) is 3. The Balaban J connectivity index is 1.82. The first-order valence-corrected chi connectivity index (χ1v) is 11.4. The van der Waals surface area contributed by atoms with E-state index in [1.54, 1.807) is 54.9 Å². The quantitative estimate of drug-likeness (QED) is 0.301. The van der Waals surface area contributed by atoms with Crippen LogP contribution in [-0.2, 0) is 16.3 Å². The van der Waals surface area contributed by atoms with Gasteiger partial charge in [0.05, 0.1) is 19.1 Å². The summed E-state index contributed by atoms with van der Waals surface area (Å²) in [4.78, 5) is 25.7. The lowest BCUT2D eigenvalue weighted by Gasteiger charge is -2.12. The van der Waals surface area contributed by atoms with Gasteiger partial charge < -0.3 is 14.4 Å². The molecule has 9 nitrogen and oxygen atoms in total. The molecular weight excluding hydrogens is 486 g/mol. The van der Waals surface area contributed by atoms with E-state index in [9.17, 15) is 13.8 Å². The molecule has 2 N–H and O–H groups in total. The number of nitrogens with one attached hydrogen (secondary N) is 2. The van der Waals surface area contributed by atoms with Crippen molar-refractivity contribution >= 4 is 37.4 Å². The van der Waals surface area contributed by atoms with E-state index in [1.807, 2.05) is 0 Å². The van der Waals surface area contributed by atoms with Gasteiger partial charge in [-0.1, -0.05) is 17.3 Å². The molecule has 0 radical (unpaired) electrons. The number of hydrogen-bond donors (Lipinski definition) is 2. The molecule has 31 heavy (non-hydrogen) atoms. The second kappa shape index (κ2) is 8.79. The highest BCUT2D eigenvalue weighted by Crippen LogP contribution is 2.18. The summed E-state index contributed by atoms with van der Waals surface area (Å²) >= 11 is 3.25. The van der Waals surface area contributed by atoms with Crippen LogP contribution in [0.25, 0.3) is 5.82 Å². The number of pyridine rings is 1. The first kappa shape index (κ1) is 22.3. The van der Waals surface area contributed by atoms with Gasteiger partial charge >= 0.3 is 0 Å². The second-order valence-electron chi connectivity index (χ2n) is 6.65. The molecule has 160 valence electrons. The average molecular weight is 504 g/mol. The average Bonchev–Trinajstić information content (AvgIpc) is 3.16. The summed E-state index contributed by atoms with van der Waals surface area (Å²) < 4.78 is 21.3. The molecule has 1 unspecified atom stereocenters. The number of carbonyl (C=O) groups is 1. The highest BCUT2D eigenvalue weighted by molar-refractivity contribution is 9.10. The fraction of sp³-hybridized carbons (Fsp3) is 0.150. The SMILES string of the molecule is C=S(=O)(NC#N)c1ccc(CNC(=O)c2cn(-c3cc(C)on3)c(C)c(Br)c2=O)cc1. The maximum atomic E-state index is 12.7. The Kier molecular flexibility index (Phi) is 6.33. The summed E-state index contributed by atoms with van der Waals surface area (Å²) in [6.45, 7) is 3.60. The summed E-state index contributed by atoms with van der Waals surface area (Å²) in [7, 11) is -2.91. The van der Waals surface area contributed by atoms with Crippen molar-refractivity contribution in [2.45, 2.75) is 25.3 Å². The number of amides is 1. The largest absolute Gasteiger partial charge is 0.360 e. The number of rotatable bonds is 6. The van der Waals surface area contributed by atoms with Crippen LogP contribution in [0, 0.1) is 25.3 Å². The van der Waals surface area contributed by atoms with Crippen molar-refractivity contribution in [3.63, 3.8) is 0 Å². The van der Waals surface area contributed by atoms with Crippen molar-refractivity contribution in [2.75, 3.05) is 0 Å². The summed E-state index contributed by atoms with van der Waals surface area (Å²) in [6.07, 6.45) is 3.04. The highest BCUT2D eigenvalue weighted by atomic mass is 79.9. The molecule has 2 aromatic heterocycles. The highest BCUT2D eigenvalue weighted by Gasteiger charge is 2.18. The molecule has 1 aromatic carbocycles. The molecule has 1 atom stereocenters. The topological polar surface area (TPSA) is 130 Å². The third kappa shape index (κ3) is 4.70. The molecule has 3 rings (SSSR count). The number of benzene rings is 1. The Bertz CT molecular complexity index is 1350. The first-order valence-electron chi connectivity index (χ1n) is 8.89. The van der Waals surface area contributed by atoms with Gasteiger partial charge in [-0.25, -0.2) is 8.93 Å². The van der Waals surface area contributed by atoms with Crippen molar-refractivity contribution in [2.24, 2.45) is 0 Å². The van der Waals surface area contributed by atoms with E-state index in [0.717, 1.165) is 0 Å². The van der Waals surface area contributed by atoms with Crippen molar-refractivity contribution < 1.29 is 13.5 Å². The molecule has 0 saturated carbocycles. The third-order valence-corrected chi connectivity index (χ3v) is 6.84. The number of nitriles is 1. The lowest BCUT2D eigenvalue weighted by atomic mass is 10.2. The lowest BCUT2D eigenvalue weighted by molar-refractivity contribution is 0.0949. The van der Waals surface area contributed by atoms with Gasteiger partial charge in [0.25, 0.3) is 5.91 Å². The molecule has 0 saturated heterocycles. The summed E-state index contributed by atoms with van der Waals surface area (Å²) in [5.74, 6) is 3.98. The van der Waals surface area contributed by atoms with Crippen molar-refractivity contribution in [1.82, 2.24) is 19.8 Å². The van der Waals surface area contributed by atoms with E-state index in [0.29, 0.717) is 27.7 Å². The molecule has 0 spiro atoms. The van der Waals surface area contributed by atoms with Crippen LogP contribution in [0.4, 0.5) is 0 Å². The molecule has 0 bridgehead atoms. The number of hydrogen-bond acceptors (Lipinski definition) is 6. The minimum Gasteiger partial charge on any atom is -0.360 e. The maximum Gasteiger partial charge on any atom is 0.257 e. The van der Waals surface area contributed by atoms with Crippen LogP contribution in [0.2, 0.25) is 0 Å². The zero-order valence-corrected chi connectivity index (χ0v) is 19.0. The van der Waals surface area contributed by atoms with Crippen LogP contribution in [0.3, 0.4) is 0 Å². The van der Waals surface area contributed by atoms with E-state index in [2.05, 4.69) is 37.0 Å². The Morgan fingerprint density at radius 1 is 1.35 bits per heavy atom. The van der Waals surface area contributed by atoms with E-state index in [1.165, 1.54) is 6.20 Å². The number of aryl methyl sites for hydroxylation is 1. The zero-order valence-electron chi connectivity index (χ0n) is 16.6. The fourth-order valence-electron chi connectivity index (χ4n) is 2.78. The van der Waals surface area contributed by atoms with Crippen LogP contribution < -0.4 is 15.5 Å². The first-order chi connectivity index (χ1) is 14.6. The van der Waals surface area contributed by atoms with Gasteiger partial charge in [-0.05, 0) is 53.3 Å². The van der Waals surface area contributed by atoms with Gasteiger partial charge in [-0.3, -0.25) is 9.59 Å². The van der Waals surface area contributed by atoms with Crippen molar-refractivity contribution in [1.29, 1.82) is 5.26 Å². The third-order valence-electron chi connectivity index (χ3n) is 4.46. The monoisotopic (exact) mass is 503 g/mol. The van der Waals surface area contributed by atoms with Crippen LogP contribution in [0.15, 0.2) is 55.2 Å². The Labute approximate surface area is 186 Å². The molecule has 0 aliphatic carbocycles. The van der Waals surface area contributed by atoms with Crippen molar-refractivity contribution in [3.05, 3.63) is 73.8 Å². The minimum absolute atomic E-state index is 0.0613. The summed E-state index contributed by atoms with van der Waals surface area (Å²) in [5.41, 5.74) is 0.783. The number of carbonyl (C=O) groups excluding carboxylic acids is 1. The molecule has 0 aliphatic heterocycles. The lowest BCUT2D eigenvalue weighted by Crippen LogP contribution is -2.30. The zero-order chi connectivity index (χ0) is 22.8. The fourth-order valence-corrected chi connectivity index (χ4v) is 4.02. The maximum absolute atomic E-state index is 12.7. The number of halogens is 1. The molecule has 3 aromatic rings. The standard InChI is InChI=1S/C20H18BrN5O4S/c1-12-8-17(25-30-12)26-10-16(19(27)18(21)13(26)2)20(28)23-9-14-4-6-15(7-5-14)31(3,29)24-11-22/h4-8,10H,3,9H2,1-2H3,(H,23,28)(H,24,29). The van der Waals surface area contributed by atoms with Gasteiger partial charge in [0.15, 0.2) is 12.0 Å². The molecule has 1 amide bonds. The second-order valence-corrected chi connectivity index (χ2v) is 9.47. The Morgan fingerprint density at radius 3 is 2.61 bits per heavy atom. The van der Waals surface area contributed by atoms with E-state index >= 15 is 0 Å². The van der Waals surface area contributed by atoms with Crippen LogP contribution in [-0.4, -0.2) is 25.7 Å². The normalized spacial score (nSPS) is 12.6. The predicted octanol–water partition coefficient (Wildman–Crippen LogP) is 2.20. The molecular formula is C20H18BrN5O4S. The summed E-state index contributed by atoms with van der Waals surface area (Å²) in [5, 5.41) is 15.3. The molecule has 0 fully saturated rings. The Hall–Kier alpha value is -3.36. The van der Waals surface area contributed by atoms with E-state index < -0.39 is 21.0 Å². The molecule has 0 aliphatic rings. The number of aromatic nitrogens is 2. The van der Waals surface area contributed by atoms with Gasteiger partial charge in [-0.2, -0.15) is 5.26 Å². The molecule has 2 heterocycles. The van der Waals surface area contributed by atoms with Gasteiger partial charge in [-0.15, -0.1) is 0 Å². The van der Waals surface area contributed by atoms with Crippen LogP contribution >= 0.6 is 15.9 Å². The summed E-state index contributed by atoms with van der Waals surface area (Å²) in [6, 6.07) is 8.12. The van der Waals surface area contributed by atoms with E-state index in [-0.39, 0.29) is 16.6 Å². The van der Waals surface area contributed by atoms with Gasteiger partial charge in [0.2, 0.25) is 5.43 Å². The predicted molar refractivity (Wildman–Crippen MR) is 119 cm³/mol. The van der Waals surface area contributed by atoms with Crippen molar-refractivity contribution in [3.8, 4) is 12.0 Å². The van der Waals surface area contributed by atoms with Gasteiger partial charge in [0.1, 0.15) is 11.3 Å². The van der Waals surface area contributed by atoms with Crippen LogP contribution in [0.1, 0.15) is 27.4 Å². The smallest absolute Gasteiger partial charge is 0.257 e. The van der Waals surface area contributed by atoms with Crippen LogP contribution in [0.5, 0.6) is 0 Å².